The lowest BCUT2D eigenvalue weighted by molar-refractivity contribution is 0.198. The molecular weight excluding hydrogens is 901 g/mol. The van der Waals surface area contributed by atoms with Crippen LogP contribution in [0.2, 0.25) is 0 Å². The smallest absolute Gasteiger partial charge is 0.126 e. The number of nitrogens with one attached hydrogen (secondary N) is 3. The number of hydrogen-bond donors (Lipinski definition) is 3. The van der Waals surface area contributed by atoms with Crippen LogP contribution >= 0.6 is 70.6 Å². The Balaban J connectivity index is 1.33. The van der Waals surface area contributed by atoms with Gasteiger partial charge < -0.3 is 30.2 Å². The second kappa shape index (κ2) is 41.5. The van der Waals surface area contributed by atoms with E-state index in [1.54, 1.807) is 0 Å². The van der Waals surface area contributed by atoms with Crippen LogP contribution in [-0.2, 0) is 0 Å². The molecule has 0 aliphatic carbocycles. The number of thioether (sulfide) groups is 6. The third kappa shape index (κ3) is 32.0. The predicted molar refractivity (Wildman–Crippen MR) is 290 cm³/mol. The van der Waals surface area contributed by atoms with Gasteiger partial charge in [0.15, 0.2) is 0 Å². The average Bonchev–Trinajstić information content (AvgIpc) is 3.28. The van der Waals surface area contributed by atoms with E-state index in [1.807, 2.05) is 0 Å². The summed E-state index contributed by atoms with van der Waals surface area (Å²) in [6, 6.07) is 6.32. The largest absolute Gasteiger partial charge is 0.492 e. The zero-order chi connectivity index (χ0) is 43.8. The summed E-state index contributed by atoms with van der Waals surface area (Å²) in [6.07, 6.45) is 15.1. The lowest BCUT2D eigenvalue weighted by Crippen LogP contribution is -2.31. The van der Waals surface area contributed by atoms with Crippen LogP contribution < -0.4 is 30.2 Å². The van der Waals surface area contributed by atoms with Crippen molar-refractivity contribution in [3.05, 3.63) is 18.2 Å². The monoisotopic (exact) mass is 991 g/mol. The first kappa shape index (κ1) is 56.1. The minimum absolute atomic E-state index is 0.676. The molecule has 3 heterocycles. The first-order valence-corrected chi connectivity index (χ1v) is 32.1. The summed E-state index contributed by atoms with van der Waals surface area (Å²) in [6.45, 7) is 18.7. The summed E-state index contributed by atoms with van der Waals surface area (Å²) < 4.78 is 19.8. The zero-order valence-corrected chi connectivity index (χ0v) is 44.3. The van der Waals surface area contributed by atoms with E-state index in [-0.39, 0.29) is 0 Å². The van der Waals surface area contributed by atoms with Gasteiger partial charge in [-0.25, -0.2) is 0 Å². The van der Waals surface area contributed by atoms with E-state index in [4.69, 9.17) is 14.2 Å². The van der Waals surface area contributed by atoms with Gasteiger partial charge in [-0.3, -0.25) is 14.7 Å². The van der Waals surface area contributed by atoms with Crippen molar-refractivity contribution in [2.45, 2.75) is 77.0 Å². The Labute approximate surface area is 412 Å². The molecule has 3 fully saturated rings. The summed E-state index contributed by atoms with van der Waals surface area (Å²) in [5.74, 6) is 17.6. The number of rotatable bonds is 12. The van der Waals surface area contributed by atoms with Gasteiger partial charge in [0.2, 0.25) is 0 Å². The van der Waals surface area contributed by atoms with Gasteiger partial charge in [-0.15, -0.1) is 0 Å². The van der Waals surface area contributed by atoms with Crippen LogP contribution in [0.25, 0.3) is 0 Å². The molecule has 1 aromatic carbocycles. The molecule has 0 atom stereocenters. The van der Waals surface area contributed by atoms with E-state index in [2.05, 4.69) is 119 Å². The SMILES string of the molecule is c1c(OCCN2CCCSCCCNCCCSCCC2)cc(OCCN2CCCSCCCNCCCSCCC2)cc1OCCN1CCCSCCCNCCCSCCC1. The molecule has 9 nitrogen and oxygen atoms in total. The van der Waals surface area contributed by atoms with Gasteiger partial charge in [-0.2, -0.15) is 70.6 Å². The maximum atomic E-state index is 6.59. The van der Waals surface area contributed by atoms with Crippen molar-refractivity contribution in [1.82, 2.24) is 30.7 Å². The highest BCUT2D eigenvalue weighted by molar-refractivity contribution is 8.00. The standard InChI is InChI=1S/C48H90N6O3S6/c1-13-49-14-2-32-59-38-8-20-52(19-7-37-58-31-1)25-28-55-46-43-47(56-29-26-53-21-9-39-60-33-3-15-50-16-4-34-61-40-10-22-53)45-48(44-46)57-30-27-54-23-11-41-62-35-5-17-51-18-6-36-63-42-12-24-54/h43-45,49-51H,1-42H2. The van der Waals surface area contributed by atoms with Crippen molar-refractivity contribution in [3.63, 3.8) is 0 Å². The van der Waals surface area contributed by atoms with Crippen molar-refractivity contribution in [2.24, 2.45) is 0 Å². The van der Waals surface area contributed by atoms with Gasteiger partial charge in [0, 0.05) is 37.8 Å². The molecule has 0 unspecified atom stereocenters. The molecule has 3 saturated heterocycles. The van der Waals surface area contributed by atoms with Gasteiger partial charge in [0.05, 0.1) is 0 Å². The highest BCUT2D eigenvalue weighted by Crippen LogP contribution is 2.28. The number of nitrogens with zero attached hydrogens (tertiary/aromatic N) is 3. The maximum Gasteiger partial charge on any atom is 0.126 e. The Morgan fingerprint density at radius 1 is 0.317 bits per heavy atom. The van der Waals surface area contributed by atoms with E-state index in [9.17, 15) is 0 Å². The summed E-state index contributed by atoms with van der Waals surface area (Å²) in [5, 5.41) is 10.9. The molecule has 0 aromatic heterocycles. The minimum Gasteiger partial charge on any atom is -0.492 e. The van der Waals surface area contributed by atoms with Crippen molar-refractivity contribution in [3.8, 4) is 17.2 Å². The fourth-order valence-electron chi connectivity index (χ4n) is 7.80. The van der Waals surface area contributed by atoms with Crippen LogP contribution in [0.1, 0.15) is 77.0 Å². The molecule has 366 valence electrons. The van der Waals surface area contributed by atoms with Crippen LogP contribution in [0.4, 0.5) is 0 Å². The topological polar surface area (TPSA) is 73.5 Å². The molecule has 0 amide bonds. The van der Waals surface area contributed by atoms with E-state index >= 15 is 0 Å². The van der Waals surface area contributed by atoms with Gasteiger partial charge in [-0.05, 0) is 225 Å². The predicted octanol–water partition coefficient (Wildman–Crippen LogP) is 8.62. The Morgan fingerprint density at radius 3 is 0.746 bits per heavy atom. The summed E-state index contributed by atoms with van der Waals surface area (Å²) >= 11 is 12.7. The molecule has 0 radical (unpaired) electrons. The van der Waals surface area contributed by atoms with Crippen molar-refractivity contribution < 1.29 is 14.2 Å². The lowest BCUT2D eigenvalue weighted by atomic mass is 10.3. The van der Waals surface area contributed by atoms with Crippen LogP contribution in [0.15, 0.2) is 18.2 Å². The number of ether oxygens (including phenoxy) is 3. The fourth-order valence-corrected chi connectivity index (χ4v) is 13.1. The molecule has 63 heavy (non-hydrogen) atoms. The number of hydrogen-bond acceptors (Lipinski definition) is 15. The van der Waals surface area contributed by atoms with Crippen LogP contribution in [0.3, 0.4) is 0 Å². The average molecular weight is 992 g/mol. The van der Waals surface area contributed by atoms with Gasteiger partial charge >= 0.3 is 0 Å². The quantitative estimate of drug-likeness (QED) is 0.187. The molecule has 0 spiro atoms. The first-order chi connectivity index (χ1) is 31.3. The third-order valence-corrected chi connectivity index (χ3v) is 18.2. The Kier molecular flexibility index (Phi) is 36.9. The van der Waals surface area contributed by atoms with E-state index in [0.717, 1.165) is 115 Å². The zero-order valence-electron chi connectivity index (χ0n) is 39.4. The first-order valence-electron chi connectivity index (χ1n) is 25.1. The molecule has 0 bridgehead atoms. The van der Waals surface area contributed by atoms with E-state index in [0.29, 0.717) is 19.8 Å². The Hall–Kier alpha value is 0.480. The van der Waals surface area contributed by atoms with Crippen molar-refractivity contribution >= 4 is 70.6 Å². The van der Waals surface area contributed by atoms with Gasteiger partial charge in [-0.1, -0.05) is 0 Å². The fraction of sp³-hybridized carbons (Fsp3) is 0.875. The third-order valence-electron chi connectivity index (χ3n) is 11.3. The summed E-state index contributed by atoms with van der Waals surface area (Å²) in [4.78, 5) is 7.92. The molecule has 0 saturated carbocycles. The Bertz CT molecular complexity index is 989. The van der Waals surface area contributed by atoms with Crippen LogP contribution in [0, 0.1) is 0 Å². The second-order valence-corrected chi connectivity index (χ2v) is 24.2. The molecule has 4 rings (SSSR count). The summed E-state index contributed by atoms with van der Waals surface area (Å²) in [7, 11) is 0. The minimum atomic E-state index is 0.676. The molecular formula is C48H90N6O3S6. The van der Waals surface area contributed by atoms with Crippen LogP contribution in [0.5, 0.6) is 17.2 Å². The molecule has 1 aromatic rings. The highest BCUT2D eigenvalue weighted by Gasteiger charge is 2.12. The highest BCUT2D eigenvalue weighted by atomic mass is 32.2. The van der Waals surface area contributed by atoms with Crippen molar-refractivity contribution in [2.75, 3.05) is 187 Å². The van der Waals surface area contributed by atoms with Crippen LogP contribution in [-0.4, -0.2) is 202 Å². The molecule has 3 aliphatic rings. The van der Waals surface area contributed by atoms with Crippen molar-refractivity contribution in [1.29, 1.82) is 0 Å². The molecule has 15 heteroatoms. The van der Waals surface area contributed by atoms with Gasteiger partial charge in [0.25, 0.3) is 0 Å². The molecule has 3 N–H and O–H groups in total. The van der Waals surface area contributed by atoms with E-state index < -0.39 is 0 Å². The van der Waals surface area contributed by atoms with E-state index in [1.165, 1.54) is 146 Å². The summed E-state index contributed by atoms with van der Waals surface area (Å²) in [5.41, 5.74) is 0. The number of benzene rings is 1. The normalized spacial score (nSPS) is 22.5. The maximum absolute atomic E-state index is 6.59. The lowest BCUT2D eigenvalue weighted by Gasteiger charge is -2.24. The molecule has 3 aliphatic heterocycles. The Morgan fingerprint density at radius 2 is 0.524 bits per heavy atom. The second-order valence-electron chi connectivity index (χ2n) is 16.9. The van der Waals surface area contributed by atoms with Gasteiger partial charge in [0.1, 0.15) is 37.1 Å².